The molecule has 0 amide bonds. The van der Waals surface area contributed by atoms with E-state index in [4.69, 9.17) is 0 Å². The first-order chi connectivity index (χ1) is 13.0. The van der Waals surface area contributed by atoms with Crippen molar-refractivity contribution >= 4 is 36.7 Å². The number of sulfonamides is 1. The summed E-state index contributed by atoms with van der Waals surface area (Å²) < 4.78 is 28.1. The van der Waals surface area contributed by atoms with Gasteiger partial charge < -0.3 is 0 Å². The molecule has 0 aromatic heterocycles. The second-order valence-electron chi connectivity index (χ2n) is 6.77. The standard InChI is InChI=1S/C21H21BrN2O2S/c22-19-8-10-20(11-9-19)27(25,26)24-14-12-23(13-15-24)16-18-6-3-5-17-4-1-2-7-21(17)18/h1-11H,12-16H2. The summed E-state index contributed by atoms with van der Waals surface area (Å²) in [5.41, 5.74) is 1.29. The van der Waals surface area contributed by atoms with Gasteiger partial charge >= 0.3 is 0 Å². The number of hydrogen-bond donors (Lipinski definition) is 0. The van der Waals surface area contributed by atoms with Crippen LogP contribution in [0.3, 0.4) is 0 Å². The molecule has 0 N–H and O–H groups in total. The topological polar surface area (TPSA) is 40.6 Å². The van der Waals surface area contributed by atoms with E-state index in [1.807, 2.05) is 0 Å². The SMILES string of the molecule is O=S(=O)(c1ccc(Br)cc1)N1CCN(Cc2cccc3ccccc23)CC1. The lowest BCUT2D eigenvalue weighted by Gasteiger charge is -2.34. The van der Waals surface area contributed by atoms with Crippen LogP contribution in [-0.2, 0) is 16.6 Å². The first-order valence-corrected chi connectivity index (χ1v) is 11.2. The van der Waals surface area contributed by atoms with Gasteiger partial charge in [0.25, 0.3) is 0 Å². The summed E-state index contributed by atoms with van der Waals surface area (Å²) in [5.74, 6) is 0. The fourth-order valence-corrected chi connectivity index (χ4v) is 5.24. The van der Waals surface area contributed by atoms with E-state index < -0.39 is 10.0 Å². The van der Waals surface area contributed by atoms with Crippen molar-refractivity contribution in [3.8, 4) is 0 Å². The van der Waals surface area contributed by atoms with E-state index >= 15 is 0 Å². The van der Waals surface area contributed by atoms with E-state index in [0.29, 0.717) is 18.0 Å². The van der Waals surface area contributed by atoms with E-state index in [1.54, 1.807) is 28.6 Å². The van der Waals surface area contributed by atoms with Crippen LogP contribution in [0.4, 0.5) is 0 Å². The number of halogens is 1. The summed E-state index contributed by atoms with van der Waals surface area (Å²) >= 11 is 3.35. The molecule has 0 unspecified atom stereocenters. The third-order valence-electron chi connectivity index (χ3n) is 5.06. The van der Waals surface area contributed by atoms with Gasteiger partial charge in [-0.15, -0.1) is 0 Å². The maximum atomic E-state index is 12.8. The predicted molar refractivity (Wildman–Crippen MR) is 112 cm³/mol. The summed E-state index contributed by atoms with van der Waals surface area (Å²) in [7, 11) is -3.42. The molecule has 1 saturated heterocycles. The summed E-state index contributed by atoms with van der Waals surface area (Å²) in [6.45, 7) is 3.35. The van der Waals surface area contributed by atoms with E-state index in [9.17, 15) is 8.42 Å². The highest BCUT2D eigenvalue weighted by Crippen LogP contribution is 2.23. The van der Waals surface area contributed by atoms with Crippen LogP contribution in [0.25, 0.3) is 10.8 Å². The Balaban J connectivity index is 1.45. The van der Waals surface area contributed by atoms with Gasteiger partial charge in [-0.25, -0.2) is 8.42 Å². The highest BCUT2D eigenvalue weighted by atomic mass is 79.9. The Morgan fingerprint density at radius 1 is 0.815 bits per heavy atom. The summed E-state index contributed by atoms with van der Waals surface area (Å²) in [4.78, 5) is 2.68. The first-order valence-electron chi connectivity index (χ1n) is 8.99. The van der Waals surface area contributed by atoms with Crippen molar-refractivity contribution in [3.05, 3.63) is 76.8 Å². The molecule has 0 atom stereocenters. The molecule has 27 heavy (non-hydrogen) atoms. The zero-order valence-electron chi connectivity index (χ0n) is 14.9. The minimum atomic E-state index is -3.42. The van der Waals surface area contributed by atoms with E-state index in [-0.39, 0.29) is 0 Å². The van der Waals surface area contributed by atoms with Gasteiger partial charge in [0.05, 0.1) is 4.90 Å². The molecule has 4 rings (SSSR count). The van der Waals surface area contributed by atoms with E-state index in [0.717, 1.165) is 24.1 Å². The molecule has 140 valence electrons. The lowest BCUT2D eigenvalue weighted by atomic mass is 10.0. The van der Waals surface area contributed by atoms with Gasteiger partial charge in [0.1, 0.15) is 0 Å². The van der Waals surface area contributed by atoms with Crippen LogP contribution >= 0.6 is 15.9 Å². The van der Waals surface area contributed by atoms with Crippen LogP contribution in [0.1, 0.15) is 5.56 Å². The molecule has 3 aromatic rings. The Morgan fingerprint density at radius 3 is 2.22 bits per heavy atom. The molecular weight excluding hydrogens is 424 g/mol. The minimum absolute atomic E-state index is 0.355. The Hall–Kier alpha value is -1.73. The Bertz CT molecular complexity index is 1040. The lowest BCUT2D eigenvalue weighted by Crippen LogP contribution is -2.48. The molecule has 1 fully saturated rings. The van der Waals surface area contributed by atoms with Crippen molar-refractivity contribution in [2.75, 3.05) is 26.2 Å². The van der Waals surface area contributed by atoms with Gasteiger partial charge in [0.2, 0.25) is 10.0 Å². The lowest BCUT2D eigenvalue weighted by molar-refractivity contribution is 0.182. The molecule has 0 aliphatic carbocycles. The van der Waals surface area contributed by atoms with Crippen molar-refractivity contribution in [2.24, 2.45) is 0 Å². The Labute approximate surface area is 168 Å². The molecule has 0 radical (unpaired) electrons. The second kappa shape index (κ2) is 7.72. The highest BCUT2D eigenvalue weighted by Gasteiger charge is 2.28. The largest absolute Gasteiger partial charge is 0.296 e. The summed E-state index contributed by atoms with van der Waals surface area (Å²) in [6, 6.07) is 21.6. The van der Waals surface area contributed by atoms with Crippen LogP contribution in [-0.4, -0.2) is 43.8 Å². The van der Waals surface area contributed by atoms with Gasteiger partial charge in [-0.2, -0.15) is 4.31 Å². The molecule has 0 bridgehead atoms. The fraction of sp³-hybridized carbons (Fsp3) is 0.238. The van der Waals surface area contributed by atoms with Crippen LogP contribution in [0.15, 0.2) is 76.1 Å². The van der Waals surface area contributed by atoms with Crippen LogP contribution in [0.2, 0.25) is 0 Å². The second-order valence-corrected chi connectivity index (χ2v) is 9.63. The number of piperazine rings is 1. The number of hydrogen-bond acceptors (Lipinski definition) is 3. The van der Waals surface area contributed by atoms with Gasteiger partial charge in [-0.1, -0.05) is 58.4 Å². The summed E-state index contributed by atoms with van der Waals surface area (Å²) in [5, 5.41) is 2.51. The average Bonchev–Trinajstić information content (AvgIpc) is 2.69. The van der Waals surface area contributed by atoms with Gasteiger partial charge in [-0.05, 0) is 40.6 Å². The maximum absolute atomic E-state index is 12.8. The van der Waals surface area contributed by atoms with Crippen LogP contribution < -0.4 is 0 Å². The first kappa shape index (κ1) is 18.6. The van der Waals surface area contributed by atoms with Gasteiger partial charge in [0.15, 0.2) is 0 Å². The van der Waals surface area contributed by atoms with Crippen molar-refractivity contribution in [3.63, 3.8) is 0 Å². The van der Waals surface area contributed by atoms with E-state index in [2.05, 4.69) is 63.3 Å². The molecule has 1 aliphatic heterocycles. The van der Waals surface area contributed by atoms with E-state index in [1.165, 1.54) is 16.3 Å². The van der Waals surface area contributed by atoms with Crippen LogP contribution in [0.5, 0.6) is 0 Å². The zero-order valence-corrected chi connectivity index (χ0v) is 17.3. The zero-order chi connectivity index (χ0) is 18.9. The average molecular weight is 445 g/mol. The van der Waals surface area contributed by atoms with Gasteiger partial charge in [-0.3, -0.25) is 4.90 Å². The van der Waals surface area contributed by atoms with Crippen molar-refractivity contribution in [2.45, 2.75) is 11.4 Å². The molecule has 0 saturated carbocycles. The number of benzene rings is 3. The fourth-order valence-electron chi connectivity index (χ4n) is 3.55. The number of fused-ring (bicyclic) bond motifs is 1. The molecule has 4 nitrogen and oxygen atoms in total. The third-order valence-corrected chi connectivity index (χ3v) is 7.50. The normalized spacial score (nSPS) is 16.6. The Morgan fingerprint density at radius 2 is 1.48 bits per heavy atom. The minimum Gasteiger partial charge on any atom is -0.296 e. The molecule has 3 aromatic carbocycles. The van der Waals surface area contributed by atoms with Crippen molar-refractivity contribution in [1.82, 2.24) is 9.21 Å². The molecular formula is C21H21BrN2O2S. The summed E-state index contributed by atoms with van der Waals surface area (Å²) in [6.07, 6.45) is 0. The molecule has 6 heteroatoms. The maximum Gasteiger partial charge on any atom is 0.243 e. The smallest absolute Gasteiger partial charge is 0.243 e. The molecule has 0 spiro atoms. The monoisotopic (exact) mass is 444 g/mol. The third kappa shape index (κ3) is 3.94. The number of nitrogens with zero attached hydrogens (tertiary/aromatic N) is 2. The quantitative estimate of drug-likeness (QED) is 0.607. The van der Waals surface area contributed by atoms with Crippen LogP contribution in [0, 0.1) is 0 Å². The molecule has 1 aliphatic rings. The van der Waals surface area contributed by atoms with Crippen molar-refractivity contribution < 1.29 is 8.42 Å². The predicted octanol–water partition coefficient (Wildman–Crippen LogP) is 4.11. The number of rotatable bonds is 4. The molecule has 1 heterocycles. The highest BCUT2D eigenvalue weighted by molar-refractivity contribution is 9.10. The van der Waals surface area contributed by atoms with Gasteiger partial charge in [0, 0.05) is 37.2 Å². The van der Waals surface area contributed by atoms with Crippen molar-refractivity contribution in [1.29, 1.82) is 0 Å². The Kier molecular flexibility index (Phi) is 5.32.